The van der Waals surface area contributed by atoms with Gasteiger partial charge in [-0.25, -0.2) is 0 Å². The topological polar surface area (TPSA) is 38.3 Å². The number of hydrogen-bond acceptors (Lipinski definition) is 3. The highest BCUT2D eigenvalue weighted by molar-refractivity contribution is 7.85. The summed E-state index contributed by atoms with van der Waals surface area (Å²) in [5.74, 6) is 0.505. The van der Waals surface area contributed by atoms with Gasteiger partial charge in [-0.2, -0.15) is 0 Å². The van der Waals surface area contributed by atoms with Gasteiger partial charge >= 0.3 is 0 Å². The number of nitrogens with one attached hydrogen (secondary N) is 1. The zero-order valence-electron chi connectivity index (χ0n) is 11.9. The van der Waals surface area contributed by atoms with E-state index in [0.717, 1.165) is 17.9 Å². The number of hydrogen-bond donors (Lipinski definition) is 1. The zero-order valence-corrected chi connectivity index (χ0v) is 12.7. The fourth-order valence-electron chi connectivity index (χ4n) is 2.41. The van der Waals surface area contributed by atoms with Gasteiger partial charge in [-0.05, 0) is 37.1 Å². The minimum absolute atomic E-state index is 0.0450. The molecule has 1 N–H and O–H groups in total. The summed E-state index contributed by atoms with van der Waals surface area (Å²) in [7, 11) is 0.924. The third-order valence-corrected chi connectivity index (χ3v) is 5.48. The molecule has 2 rings (SSSR count). The van der Waals surface area contributed by atoms with Gasteiger partial charge < -0.3 is 10.1 Å². The van der Waals surface area contributed by atoms with E-state index in [2.05, 4.69) is 31.3 Å². The Balaban J connectivity index is 2.13. The Bertz CT molecular complexity index is 430. The molecule has 0 aromatic heterocycles. The molecule has 0 spiro atoms. The van der Waals surface area contributed by atoms with Crippen molar-refractivity contribution in [3.63, 3.8) is 0 Å². The first-order chi connectivity index (χ1) is 9.13. The van der Waals surface area contributed by atoms with Crippen molar-refractivity contribution in [2.45, 2.75) is 42.4 Å². The van der Waals surface area contributed by atoms with Crippen molar-refractivity contribution in [2.75, 3.05) is 20.3 Å². The molecule has 4 heteroatoms. The normalized spacial score (nSPS) is 25.5. The van der Waals surface area contributed by atoms with Crippen LogP contribution in [0.5, 0.6) is 0 Å². The predicted molar refractivity (Wildman–Crippen MR) is 79.0 cm³/mol. The lowest BCUT2D eigenvalue weighted by Gasteiger charge is -2.30. The minimum Gasteiger partial charge on any atom is -0.380 e. The van der Waals surface area contributed by atoms with Crippen LogP contribution in [-0.4, -0.2) is 35.8 Å². The Labute approximate surface area is 118 Å². The molecule has 0 amide bonds. The van der Waals surface area contributed by atoms with Crippen molar-refractivity contribution in [3.05, 3.63) is 29.8 Å². The van der Waals surface area contributed by atoms with E-state index in [4.69, 9.17) is 4.74 Å². The van der Waals surface area contributed by atoms with Gasteiger partial charge in [-0.15, -0.1) is 0 Å². The van der Waals surface area contributed by atoms with Crippen molar-refractivity contribution < 1.29 is 8.95 Å². The smallest absolute Gasteiger partial charge is 0.0781 e. The molecule has 0 aliphatic carbocycles. The Morgan fingerprint density at radius 1 is 1.32 bits per heavy atom. The quantitative estimate of drug-likeness (QED) is 0.920. The molecule has 0 bridgehead atoms. The van der Waals surface area contributed by atoms with Crippen molar-refractivity contribution >= 4 is 10.8 Å². The molecule has 3 atom stereocenters. The summed E-state index contributed by atoms with van der Waals surface area (Å²) < 4.78 is 18.1. The van der Waals surface area contributed by atoms with Crippen LogP contribution in [0, 0.1) is 0 Å². The van der Waals surface area contributed by atoms with Gasteiger partial charge in [0, 0.05) is 17.5 Å². The van der Waals surface area contributed by atoms with Crippen molar-refractivity contribution in [3.8, 4) is 0 Å². The van der Waals surface area contributed by atoms with E-state index >= 15 is 0 Å². The van der Waals surface area contributed by atoms with Crippen LogP contribution < -0.4 is 5.32 Å². The average molecular weight is 281 g/mol. The van der Waals surface area contributed by atoms with Gasteiger partial charge in [0.15, 0.2) is 0 Å². The van der Waals surface area contributed by atoms with E-state index in [1.807, 2.05) is 19.2 Å². The molecule has 1 aromatic carbocycles. The molecule has 19 heavy (non-hydrogen) atoms. The maximum Gasteiger partial charge on any atom is 0.0781 e. The van der Waals surface area contributed by atoms with Crippen molar-refractivity contribution in [1.82, 2.24) is 5.32 Å². The van der Waals surface area contributed by atoms with Crippen LogP contribution in [0.15, 0.2) is 29.2 Å². The lowest BCUT2D eigenvalue weighted by atomic mass is 10.0. The highest BCUT2D eigenvalue weighted by Gasteiger charge is 2.30. The number of rotatable bonds is 4. The van der Waals surface area contributed by atoms with Gasteiger partial charge in [0.05, 0.1) is 22.7 Å². The van der Waals surface area contributed by atoms with Crippen LogP contribution >= 0.6 is 0 Å². The van der Waals surface area contributed by atoms with Gasteiger partial charge in [-0.1, -0.05) is 26.0 Å². The molecular formula is C15H23NO2S. The molecule has 0 saturated carbocycles. The molecule has 1 heterocycles. The molecule has 1 aliphatic heterocycles. The highest BCUT2D eigenvalue weighted by Crippen LogP contribution is 2.22. The molecule has 0 radical (unpaired) electrons. The maximum absolute atomic E-state index is 12.6. The third-order valence-electron chi connectivity index (χ3n) is 3.73. The largest absolute Gasteiger partial charge is 0.380 e. The molecule has 1 aliphatic rings. The van der Waals surface area contributed by atoms with Crippen molar-refractivity contribution in [1.29, 1.82) is 0 Å². The Kier molecular flexibility index (Phi) is 5.13. The molecule has 1 aromatic rings. The van der Waals surface area contributed by atoms with Gasteiger partial charge in [0.2, 0.25) is 0 Å². The van der Waals surface area contributed by atoms with E-state index in [1.54, 1.807) is 0 Å². The first-order valence-electron chi connectivity index (χ1n) is 6.89. The van der Waals surface area contributed by atoms with Crippen LogP contribution in [0.1, 0.15) is 31.7 Å². The van der Waals surface area contributed by atoms with Crippen LogP contribution in [0.25, 0.3) is 0 Å². The average Bonchev–Trinajstić information content (AvgIpc) is 2.46. The van der Waals surface area contributed by atoms with Crippen molar-refractivity contribution in [2.24, 2.45) is 0 Å². The van der Waals surface area contributed by atoms with Gasteiger partial charge in [-0.3, -0.25) is 4.21 Å². The summed E-state index contributed by atoms with van der Waals surface area (Å²) in [6.07, 6.45) is 0.928. The molecule has 3 unspecified atom stereocenters. The Morgan fingerprint density at radius 3 is 2.58 bits per heavy atom. The zero-order chi connectivity index (χ0) is 13.8. The fraction of sp³-hybridized carbons (Fsp3) is 0.600. The molecule has 1 fully saturated rings. The lowest BCUT2D eigenvalue weighted by Crippen LogP contribution is -2.47. The van der Waals surface area contributed by atoms with E-state index in [0.29, 0.717) is 12.5 Å². The Morgan fingerprint density at radius 2 is 2.00 bits per heavy atom. The SMILES string of the molecule is CNC1CCOCC1S(=O)c1ccc(C(C)C)cc1. The van der Waals surface area contributed by atoms with E-state index in [-0.39, 0.29) is 11.3 Å². The molecule has 3 nitrogen and oxygen atoms in total. The molecule has 1 saturated heterocycles. The standard InChI is InChI=1S/C15H23NO2S/c1-11(2)12-4-6-13(7-5-12)19(17)15-10-18-9-8-14(15)16-3/h4-7,11,14-16H,8-10H2,1-3H3. The Hall–Kier alpha value is -0.710. The maximum atomic E-state index is 12.6. The van der Waals surface area contributed by atoms with E-state index < -0.39 is 10.8 Å². The van der Waals surface area contributed by atoms with Crippen LogP contribution in [-0.2, 0) is 15.5 Å². The second kappa shape index (κ2) is 6.64. The fourth-order valence-corrected chi connectivity index (χ4v) is 3.96. The summed E-state index contributed by atoms with van der Waals surface area (Å²) in [6, 6.07) is 8.42. The van der Waals surface area contributed by atoms with E-state index in [9.17, 15) is 4.21 Å². The van der Waals surface area contributed by atoms with Crippen LogP contribution in [0.3, 0.4) is 0 Å². The highest BCUT2D eigenvalue weighted by atomic mass is 32.2. The minimum atomic E-state index is -1.01. The summed E-state index contributed by atoms with van der Waals surface area (Å²) in [4.78, 5) is 0.903. The first kappa shape index (κ1) is 14.7. The summed E-state index contributed by atoms with van der Waals surface area (Å²) in [5, 5.41) is 3.31. The van der Waals surface area contributed by atoms with Crippen LogP contribution in [0.2, 0.25) is 0 Å². The van der Waals surface area contributed by atoms with Gasteiger partial charge in [0.25, 0.3) is 0 Å². The summed E-state index contributed by atoms with van der Waals surface area (Å²) in [6.45, 7) is 5.66. The molecular weight excluding hydrogens is 258 g/mol. The number of benzene rings is 1. The second-order valence-corrected chi connectivity index (χ2v) is 6.99. The van der Waals surface area contributed by atoms with Gasteiger partial charge in [0.1, 0.15) is 0 Å². The monoisotopic (exact) mass is 281 g/mol. The second-order valence-electron chi connectivity index (χ2n) is 5.32. The number of ether oxygens (including phenoxy) is 1. The molecule has 106 valence electrons. The lowest BCUT2D eigenvalue weighted by molar-refractivity contribution is 0.0838. The predicted octanol–water partition coefficient (Wildman–Crippen LogP) is 2.29. The van der Waals surface area contributed by atoms with E-state index in [1.165, 1.54) is 5.56 Å². The summed E-state index contributed by atoms with van der Waals surface area (Å²) >= 11 is 0. The first-order valence-corrected chi connectivity index (χ1v) is 8.10. The summed E-state index contributed by atoms with van der Waals surface area (Å²) in [5.41, 5.74) is 1.28. The van der Waals surface area contributed by atoms with Crippen LogP contribution in [0.4, 0.5) is 0 Å². The third kappa shape index (κ3) is 3.44.